The van der Waals surface area contributed by atoms with E-state index in [1.54, 1.807) is 0 Å². The average Bonchev–Trinajstić information content (AvgIpc) is 3.02. The maximum atomic E-state index is 12.7. The number of fused-ring (bicyclic) bond motifs is 1. The Balaban J connectivity index is 1.49. The first-order valence-corrected chi connectivity index (χ1v) is 8.57. The zero-order chi connectivity index (χ0) is 17.2. The number of hydrogen-bond acceptors (Lipinski definition) is 3. The molecule has 2 heterocycles. The highest BCUT2D eigenvalue weighted by Crippen LogP contribution is 2.23. The Morgan fingerprint density at radius 3 is 2.60 bits per heavy atom. The van der Waals surface area contributed by atoms with Crippen LogP contribution in [0.25, 0.3) is 11.5 Å². The smallest absolute Gasteiger partial charge is 0.230 e. The second kappa shape index (κ2) is 6.55. The molecular formula is C21H20N2O2. The molecule has 0 radical (unpaired) electrons. The number of hydrogen-bond donors (Lipinski definition) is 0. The monoisotopic (exact) mass is 332 g/mol. The summed E-state index contributed by atoms with van der Waals surface area (Å²) in [6, 6.07) is 18.1. The van der Waals surface area contributed by atoms with Crippen LogP contribution in [0, 0.1) is 6.92 Å². The van der Waals surface area contributed by atoms with Crippen molar-refractivity contribution in [2.75, 3.05) is 6.54 Å². The van der Waals surface area contributed by atoms with E-state index in [-0.39, 0.29) is 12.3 Å². The number of rotatable bonds is 3. The molecule has 0 unspecified atom stereocenters. The summed E-state index contributed by atoms with van der Waals surface area (Å²) in [5.41, 5.74) is 4.29. The first-order valence-electron chi connectivity index (χ1n) is 8.57. The Hall–Kier alpha value is -2.88. The van der Waals surface area contributed by atoms with Crippen LogP contribution in [-0.4, -0.2) is 22.3 Å². The summed E-state index contributed by atoms with van der Waals surface area (Å²) in [7, 11) is 0. The molecular weight excluding hydrogens is 312 g/mol. The topological polar surface area (TPSA) is 46.3 Å². The van der Waals surface area contributed by atoms with E-state index >= 15 is 0 Å². The second-order valence-corrected chi connectivity index (χ2v) is 6.40. The number of carbonyl (C=O) groups is 1. The van der Waals surface area contributed by atoms with Gasteiger partial charge in [-0.1, -0.05) is 42.5 Å². The molecule has 0 bridgehead atoms. The van der Waals surface area contributed by atoms with Crippen LogP contribution in [-0.2, 0) is 24.2 Å². The maximum Gasteiger partial charge on any atom is 0.230 e. The first-order chi connectivity index (χ1) is 12.2. The summed E-state index contributed by atoms with van der Waals surface area (Å²) in [4.78, 5) is 19.1. The third kappa shape index (κ3) is 3.20. The molecule has 3 aromatic rings. The van der Waals surface area contributed by atoms with Crippen LogP contribution in [0.2, 0.25) is 0 Å². The van der Waals surface area contributed by atoms with Gasteiger partial charge in [-0.05, 0) is 36.6 Å². The highest BCUT2D eigenvalue weighted by Gasteiger charge is 2.23. The van der Waals surface area contributed by atoms with Crippen molar-refractivity contribution < 1.29 is 9.21 Å². The zero-order valence-electron chi connectivity index (χ0n) is 14.2. The Bertz CT molecular complexity index is 899. The summed E-state index contributed by atoms with van der Waals surface area (Å²) >= 11 is 0. The molecule has 0 atom stereocenters. The van der Waals surface area contributed by atoms with Gasteiger partial charge in [-0.2, -0.15) is 0 Å². The van der Waals surface area contributed by atoms with E-state index in [0.717, 1.165) is 24.2 Å². The zero-order valence-corrected chi connectivity index (χ0v) is 14.2. The van der Waals surface area contributed by atoms with Gasteiger partial charge in [0.15, 0.2) is 0 Å². The first kappa shape index (κ1) is 15.6. The van der Waals surface area contributed by atoms with Crippen LogP contribution in [0.5, 0.6) is 0 Å². The SMILES string of the molecule is Cc1nc(-c2ccccc2)oc1CC(=O)N1CCc2ccccc2C1. The molecule has 2 aromatic carbocycles. The highest BCUT2D eigenvalue weighted by molar-refractivity contribution is 5.79. The van der Waals surface area contributed by atoms with Gasteiger partial charge in [0.05, 0.1) is 12.1 Å². The number of nitrogens with zero attached hydrogens (tertiary/aromatic N) is 2. The van der Waals surface area contributed by atoms with Crippen LogP contribution in [0.3, 0.4) is 0 Å². The van der Waals surface area contributed by atoms with Gasteiger partial charge in [0.1, 0.15) is 5.76 Å². The van der Waals surface area contributed by atoms with Gasteiger partial charge in [-0.25, -0.2) is 4.98 Å². The fourth-order valence-electron chi connectivity index (χ4n) is 3.25. The molecule has 0 aliphatic carbocycles. The lowest BCUT2D eigenvalue weighted by molar-refractivity contribution is -0.131. The second-order valence-electron chi connectivity index (χ2n) is 6.40. The molecule has 1 aliphatic heterocycles. The van der Waals surface area contributed by atoms with Crippen molar-refractivity contribution in [1.29, 1.82) is 0 Å². The minimum atomic E-state index is 0.0911. The number of benzene rings is 2. The lowest BCUT2D eigenvalue weighted by Crippen LogP contribution is -2.36. The van der Waals surface area contributed by atoms with Crippen molar-refractivity contribution >= 4 is 5.91 Å². The molecule has 1 aliphatic rings. The minimum absolute atomic E-state index is 0.0911. The van der Waals surface area contributed by atoms with E-state index in [9.17, 15) is 4.79 Å². The molecule has 1 amide bonds. The van der Waals surface area contributed by atoms with Crippen LogP contribution in [0.4, 0.5) is 0 Å². The molecule has 0 saturated heterocycles. The number of carbonyl (C=O) groups excluding carboxylic acids is 1. The van der Waals surface area contributed by atoms with Gasteiger partial charge in [-0.3, -0.25) is 4.79 Å². The molecule has 0 N–H and O–H groups in total. The van der Waals surface area contributed by atoms with Crippen molar-refractivity contribution in [2.45, 2.75) is 26.3 Å². The Morgan fingerprint density at radius 2 is 1.80 bits per heavy atom. The van der Waals surface area contributed by atoms with Gasteiger partial charge in [0.25, 0.3) is 0 Å². The van der Waals surface area contributed by atoms with Gasteiger partial charge >= 0.3 is 0 Å². The number of aromatic nitrogens is 1. The van der Waals surface area contributed by atoms with E-state index in [1.165, 1.54) is 11.1 Å². The summed E-state index contributed by atoms with van der Waals surface area (Å²) in [5.74, 6) is 1.32. The summed E-state index contributed by atoms with van der Waals surface area (Å²) in [6.45, 7) is 3.33. The molecule has 4 rings (SSSR count). The molecule has 126 valence electrons. The molecule has 1 aromatic heterocycles. The van der Waals surface area contributed by atoms with Crippen LogP contribution in [0.1, 0.15) is 22.6 Å². The van der Waals surface area contributed by atoms with Crippen LogP contribution < -0.4 is 0 Å². The van der Waals surface area contributed by atoms with Crippen LogP contribution >= 0.6 is 0 Å². The predicted octanol–water partition coefficient (Wildman–Crippen LogP) is 3.78. The van der Waals surface area contributed by atoms with Gasteiger partial charge in [0, 0.05) is 18.7 Å². The number of amides is 1. The maximum absolute atomic E-state index is 12.7. The van der Waals surface area contributed by atoms with Crippen molar-refractivity contribution in [2.24, 2.45) is 0 Å². The third-order valence-corrected chi connectivity index (χ3v) is 4.71. The van der Waals surface area contributed by atoms with Crippen molar-refractivity contribution in [3.63, 3.8) is 0 Å². The van der Waals surface area contributed by atoms with Crippen molar-refractivity contribution in [3.05, 3.63) is 77.2 Å². The fraction of sp³-hybridized carbons (Fsp3) is 0.238. The lowest BCUT2D eigenvalue weighted by Gasteiger charge is -2.28. The minimum Gasteiger partial charge on any atom is -0.440 e. The molecule has 4 heteroatoms. The van der Waals surface area contributed by atoms with E-state index in [0.29, 0.717) is 18.2 Å². The average molecular weight is 332 g/mol. The molecule has 4 nitrogen and oxygen atoms in total. The predicted molar refractivity (Wildman–Crippen MR) is 95.9 cm³/mol. The number of oxazole rings is 1. The summed E-state index contributed by atoms with van der Waals surface area (Å²) in [6.07, 6.45) is 1.17. The summed E-state index contributed by atoms with van der Waals surface area (Å²) < 4.78 is 5.87. The molecule has 25 heavy (non-hydrogen) atoms. The normalized spacial score (nSPS) is 13.6. The standard InChI is InChI=1S/C21H20N2O2/c1-15-19(25-21(22-15)17-8-3-2-4-9-17)13-20(24)23-12-11-16-7-5-6-10-18(16)14-23/h2-10H,11-14H2,1H3. The molecule has 0 spiro atoms. The van der Waals surface area contributed by atoms with Crippen LogP contribution in [0.15, 0.2) is 59.0 Å². The van der Waals surface area contributed by atoms with E-state index < -0.39 is 0 Å². The highest BCUT2D eigenvalue weighted by atomic mass is 16.4. The number of aryl methyl sites for hydroxylation is 1. The van der Waals surface area contributed by atoms with Gasteiger partial charge < -0.3 is 9.32 Å². The molecule has 0 saturated carbocycles. The van der Waals surface area contributed by atoms with E-state index in [2.05, 4.69) is 23.2 Å². The van der Waals surface area contributed by atoms with E-state index in [1.807, 2.05) is 48.2 Å². The summed E-state index contributed by atoms with van der Waals surface area (Å²) in [5, 5.41) is 0. The molecule has 0 fully saturated rings. The van der Waals surface area contributed by atoms with Gasteiger partial charge in [-0.15, -0.1) is 0 Å². The fourth-order valence-corrected chi connectivity index (χ4v) is 3.25. The van der Waals surface area contributed by atoms with Crippen molar-refractivity contribution in [1.82, 2.24) is 9.88 Å². The Labute approximate surface area is 147 Å². The largest absolute Gasteiger partial charge is 0.440 e. The Morgan fingerprint density at radius 1 is 1.08 bits per heavy atom. The third-order valence-electron chi connectivity index (χ3n) is 4.71. The Kier molecular flexibility index (Phi) is 4.10. The van der Waals surface area contributed by atoms with Gasteiger partial charge in [0.2, 0.25) is 11.8 Å². The quantitative estimate of drug-likeness (QED) is 0.733. The lowest BCUT2D eigenvalue weighted by atomic mass is 9.99. The van der Waals surface area contributed by atoms with Crippen molar-refractivity contribution in [3.8, 4) is 11.5 Å². The van der Waals surface area contributed by atoms with E-state index in [4.69, 9.17) is 4.42 Å².